The molecule has 0 aromatic carbocycles. The maximum absolute atomic E-state index is 2.48. The Morgan fingerprint density at radius 2 is 1.58 bits per heavy atom. The summed E-state index contributed by atoms with van der Waals surface area (Å²) in [7, 11) is 0. The Balaban J connectivity index is 0.00000324. The van der Waals surface area contributed by atoms with E-state index in [0.29, 0.717) is 6.04 Å². The third-order valence-electron chi connectivity index (χ3n) is 4.06. The normalized spacial score (nSPS) is 18.2. The van der Waals surface area contributed by atoms with Crippen LogP contribution in [0.4, 0.5) is 0 Å². The van der Waals surface area contributed by atoms with Crippen molar-refractivity contribution in [3.05, 3.63) is 23.9 Å². The summed E-state index contributed by atoms with van der Waals surface area (Å²) >= 11 is 0. The van der Waals surface area contributed by atoms with Crippen molar-refractivity contribution in [2.75, 3.05) is 6.54 Å². The van der Waals surface area contributed by atoms with E-state index >= 15 is 0 Å². The van der Waals surface area contributed by atoms with E-state index in [-0.39, 0.29) is 12.4 Å². The summed E-state index contributed by atoms with van der Waals surface area (Å²) in [6.07, 6.45) is 17.9. The number of allylic oxidation sites excluding steroid dienone is 2. The van der Waals surface area contributed by atoms with Crippen LogP contribution in [0.1, 0.15) is 72.1 Å². The highest BCUT2D eigenvalue weighted by atomic mass is 35.5. The summed E-state index contributed by atoms with van der Waals surface area (Å²) in [5, 5.41) is 0. The van der Waals surface area contributed by atoms with Crippen LogP contribution >= 0.6 is 12.4 Å². The van der Waals surface area contributed by atoms with Gasteiger partial charge in [-0.3, -0.25) is 0 Å². The molecule has 0 aromatic heterocycles. The van der Waals surface area contributed by atoms with Crippen LogP contribution < -0.4 is 0 Å². The maximum atomic E-state index is 2.48. The molecule has 1 heterocycles. The molecule has 1 aliphatic rings. The fraction of sp³-hybridized carbons (Fsp3) is 0.765. The number of unbranched alkanes of at least 4 members (excludes halogenated alkanes) is 7. The molecule has 0 aliphatic carbocycles. The second kappa shape index (κ2) is 11.4. The van der Waals surface area contributed by atoms with Gasteiger partial charge in [-0.15, -0.1) is 12.4 Å². The smallest absolute Gasteiger partial charge is 0.0468 e. The summed E-state index contributed by atoms with van der Waals surface area (Å²) in [6, 6.07) is 0.597. The molecular weight excluding hydrogens is 254 g/mol. The fourth-order valence-electron chi connectivity index (χ4n) is 2.53. The number of nitrogens with zero attached hydrogens (tertiary/aromatic N) is 1. The Bertz CT molecular complexity index is 270. The van der Waals surface area contributed by atoms with E-state index in [2.05, 4.69) is 44.0 Å². The van der Waals surface area contributed by atoms with Crippen molar-refractivity contribution in [3.8, 4) is 0 Å². The molecule has 0 aromatic rings. The summed E-state index contributed by atoms with van der Waals surface area (Å²) in [6.45, 7) is 8.04. The SMILES string of the molecule is CCCCCCCCCCN1C=CC=C(C)C1C.Cl. The number of hydrogen-bond donors (Lipinski definition) is 0. The molecule has 19 heavy (non-hydrogen) atoms. The summed E-state index contributed by atoms with van der Waals surface area (Å²) in [5.41, 5.74) is 1.48. The summed E-state index contributed by atoms with van der Waals surface area (Å²) in [5.74, 6) is 0. The third kappa shape index (κ3) is 7.67. The Morgan fingerprint density at radius 3 is 2.21 bits per heavy atom. The van der Waals surface area contributed by atoms with E-state index in [1.54, 1.807) is 0 Å². The van der Waals surface area contributed by atoms with E-state index in [4.69, 9.17) is 0 Å². The second-order valence-electron chi connectivity index (χ2n) is 5.64. The van der Waals surface area contributed by atoms with Crippen LogP contribution in [-0.2, 0) is 0 Å². The van der Waals surface area contributed by atoms with Crippen molar-refractivity contribution in [1.82, 2.24) is 4.90 Å². The van der Waals surface area contributed by atoms with Gasteiger partial charge in [0.25, 0.3) is 0 Å². The van der Waals surface area contributed by atoms with Crippen molar-refractivity contribution in [1.29, 1.82) is 0 Å². The highest BCUT2D eigenvalue weighted by Crippen LogP contribution is 2.17. The third-order valence-corrected chi connectivity index (χ3v) is 4.06. The van der Waals surface area contributed by atoms with E-state index in [9.17, 15) is 0 Å². The topological polar surface area (TPSA) is 3.24 Å². The van der Waals surface area contributed by atoms with Crippen LogP contribution in [-0.4, -0.2) is 17.5 Å². The first-order valence-electron chi connectivity index (χ1n) is 7.86. The Kier molecular flexibility index (Phi) is 11.1. The lowest BCUT2D eigenvalue weighted by atomic mass is 10.0. The van der Waals surface area contributed by atoms with Gasteiger partial charge in [0.1, 0.15) is 0 Å². The first-order chi connectivity index (χ1) is 8.75. The zero-order chi connectivity index (χ0) is 13.2. The van der Waals surface area contributed by atoms with Gasteiger partial charge in [0, 0.05) is 12.6 Å². The van der Waals surface area contributed by atoms with E-state index in [1.165, 1.54) is 63.5 Å². The lowest BCUT2D eigenvalue weighted by Crippen LogP contribution is -2.31. The molecule has 1 atom stereocenters. The molecule has 0 amide bonds. The predicted molar refractivity (Wildman–Crippen MR) is 88.9 cm³/mol. The molecule has 2 heteroatoms. The molecule has 0 bridgehead atoms. The molecule has 0 N–H and O–H groups in total. The van der Waals surface area contributed by atoms with Crippen molar-refractivity contribution < 1.29 is 0 Å². The molecule has 0 radical (unpaired) electrons. The van der Waals surface area contributed by atoms with E-state index in [0.717, 1.165) is 0 Å². The largest absolute Gasteiger partial charge is 0.371 e. The van der Waals surface area contributed by atoms with Gasteiger partial charge in [-0.25, -0.2) is 0 Å². The van der Waals surface area contributed by atoms with Crippen LogP contribution in [0.15, 0.2) is 23.9 Å². The van der Waals surface area contributed by atoms with Crippen molar-refractivity contribution in [2.24, 2.45) is 0 Å². The average molecular weight is 286 g/mol. The average Bonchev–Trinajstić information content (AvgIpc) is 2.37. The van der Waals surface area contributed by atoms with Gasteiger partial charge in [-0.05, 0) is 32.5 Å². The van der Waals surface area contributed by atoms with Crippen LogP contribution in [0.25, 0.3) is 0 Å². The fourth-order valence-corrected chi connectivity index (χ4v) is 2.53. The van der Waals surface area contributed by atoms with Crippen molar-refractivity contribution in [2.45, 2.75) is 78.2 Å². The first kappa shape index (κ1) is 18.6. The van der Waals surface area contributed by atoms with Gasteiger partial charge in [0.2, 0.25) is 0 Å². The van der Waals surface area contributed by atoms with Gasteiger partial charge in [0.15, 0.2) is 0 Å². The van der Waals surface area contributed by atoms with Crippen LogP contribution in [0, 0.1) is 0 Å². The molecule has 0 fully saturated rings. The minimum atomic E-state index is 0. The molecule has 1 unspecified atom stereocenters. The van der Waals surface area contributed by atoms with Gasteiger partial charge in [0.05, 0.1) is 0 Å². The number of rotatable bonds is 9. The zero-order valence-corrected chi connectivity index (χ0v) is 13.8. The molecular formula is C17H32ClN. The standard InChI is InChI=1S/C17H31N.ClH/c1-4-5-6-7-8-9-10-11-14-18-15-12-13-16(2)17(18)3;/h12-13,15,17H,4-11,14H2,1-3H3;1H. The van der Waals surface area contributed by atoms with Crippen LogP contribution in [0.5, 0.6) is 0 Å². The first-order valence-corrected chi connectivity index (χ1v) is 7.86. The van der Waals surface area contributed by atoms with Gasteiger partial charge in [-0.2, -0.15) is 0 Å². The highest BCUT2D eigenvalue weighted by molar-refractivity contribution is 5.85. The molecule has 0 saturated carbocycles. The molecule has 0 saturated heterocycles. The molecule has 1 rings (SSSR count). The van der Waals surface area contributed by atoms with Crippen LogP contribution in [0.2, 0.25) is 0 Å². The maximum Gasteiger partial charge on any atom is 0.0468 e. The van der Waals surface area contributed by atoms with Gasteiger partial charge >= 0.3 is 0 Å². The van der Waals surface area contributed by atoms with E-state index < -0.39 is 0 Å². The highest BCUT2D eigenvalue weighted by Gasteiger charge is 2.13. The summed E-state index contributed by atoms with van der Waals surface area (Å²) < 4.78 is 0. The van der Waals surface area contributed by atoms with E-state index in [1.807, 2.05) is 0 Å². The number of halogens is 1. The monoisotopic (exact) mass is 285 g/mol. The lowest BCUT2D eigenvalue weighted by molar-refractivity contribution is 0.311. The predicted octanol–water partition coefficient (Wildman–Crippen LogP) is 5.71. The van der Waals surface area contributed by atoms with Gasteiger partial charge < -0.3 is 4.90 Å². The Morgan fingerprint density at radius 1 is 1.00 bits per heavy atom. The summed E-state index contributed by atoms with van der Waals surface area (Å²) in [4.78, 5) is 2.48. The molecule has 1 aliphatic heterocycles. The zero-order valence-electron chi connectivity index (χ0n) is 13.0. The second-order valence-corrected chi connectivity index (χ2v) is 5.64. The quantitative estimate of drug-likeness (QED) is 0.490. The number of hydrogen-bond acceptors (Lipinski definition) is 1. The Labute approximate surface area is 126 Å². The van der Waals surface area contributed by atoms with Crippen molar-refractivity contribution in [3.63, 3.8) is 0 Å². The van der Waals surface area contributed by atoms with Crippen LogP contribution in [0.3, 0.4) is 0 Å². The molecule has 112 valence electrons. The molecule has 1 nitrogen and oxygen atoms in total. The Hall–Kier alpha value is -0.430. The van der Waals surface area contributed by atoms with Gasteiger partial charge in [-0.1, -0.05) is 63.5 Å². The minimum absolute atomic E-state index is 0. The minimum Gasteiger partial charge on any atom is -0.371 e. The lowest BCUT2D eigenvalue weighted by Gasteiger charge is -2.30. The van der Waals surface area contributed by atoms with Crippen molar-refractivity contribution >= 4 is 12.4 Å². The molecule has 0 spiro atoms.